The number of nitrogens with one attached hydrogen (secondary N) is 3. The molecule has 0 atom stereocenters. The summed E-state index contributed by atoms with van der Waals surface area (Å²) in [6.07, 6.45) is 5.35. The first-order chi connectivity index (χ1) is 16.6. The predicted octanol–water partition coefficient (Wildman–Crippen LogP) is 5.79. The highest BCUT2D eigenvalue weighted by Crippen LogP contribution is 2.41. The van der Waals surface area contributed by atoms with E-state index in [0.717, 1.165) is 42.6 Å². The van der Waals surface area contributed by atoms with E-state index in [4.69, 9.17) is 16.7 Å². The number of anilines is 3. The quantitative estimate of drug-likeness (QED) is 0.330. The van der Waals surface area contributed by atoms with E-state index in [1.807, 2.05) is 41.1 Å². The van der Waals surface area contributed by atoms with Gasteiger partial charge in [-0.05, 0) is 68.1 Å². The Balaban J connectivity index is 1.49. The van der Waals surface area contributed by atoms with Crippen LogP contribution in [-0.2, 0) is 5.54 Å². The van der Waals surface area contributed by atoms with Gasteiger partial charge in [0, 0.05) is 28.6 Å². The van der Waals surface area contributed by atoms with Crippen LogP contribution in [0.2, 0.25) is 5.02 Å². The van der Waals surface area contributed by atoms with E-state index in [1.54, 1.807) is 18.3 Å². The van der Waals surface area contributed by atoms with Crippen molar-refractivity contribution in [2.45, 2.75) is 43.7 Å². The lowest BCUT2D eigenvalue weighted by atomic mass is 9.77. The molecule has 1 fully saturated rings. The summed E-state index contributed by atoms with van der Waals surface area (Å²) in [4.78, 5) is 15.6. The van der Waals surface area contributed by atoms with Crippen LogP contribution in [0.3, 0.4) is 0 Å². The SMILES string of the molecule is N#CCC1(n2nc(Nc3ccc(Cl)cc3)c3c(=O)[nH]ccc32)CCC(Nc2ccccc2)CC1. The van der Waals surface area contributed by atoms with E-state index in [9.17, 15) is 10.1 Å². The van der Waals surface area contributed by atoms with E-state index in [1.165, 1.54) is 0 Å². The maximum absolute atomic E-state index is 12.8. The number of hydrogen-bond donors (Lipinski definition) is 3. The fraction of sp³-hybridized carbons (Fsp3) is 0.269. The maximum Gasteiger partial charge on any atom is 0.261 e. The minimum Gasteiger partial charge on any atom is -0.382 e. The van der Waals surface area contributed by atoms with Gasteiger partial charge in [0.25, 0.3) is 5.56 Å². The van der Waals surface area contributed by atoms with E-state index in [-0.39, 0.29) is 5.56 Å². The van der Waals surface area contributed by atoms with Crippen molar-refractivity contribution in [3.8, 4) is 6.07 Å². The molecule has 4 aromatic rings. The third kappa shape index (κ3) is 4.25. The molecule has 1 saturated carbocycles. The minimum absolute atomic E-state index is 0.216. The van der Waals surface area contributed by atoms with E-state index >= 15 is 0 Å². The van der Waals surface area contributed by atoms with Gasteiger partial charge in [-0.3, -0.25) is 9.48 Å². The van der Waals surface area contributed by atoms with Gasteiger partial charge in [0.1, 0.15) is 5.39 Å². The second kappa shape index (κ2) is 9.24. The fourth-order valence-electron chi connectivity index (χ4n) is 4.88. The Bertz CT molecular complexity index is 1380. The van der Waals surface area contributed by atoms with Crippen LogP contribution in [-0.4, -0.2) is 20.8 Å². The average molecular weight is 473 g/mol. The van der Waals surface area contributed by atoms with Crippen molar-refractivity contribution >= 4 is 39.7 Å². The molecule has 172 valence electrons. The van der Waals surface area contributed by atoms with E-state index < -0.39 is 5.54 Å². The zero-order valence-corrected chi connectivity index (χ0v) is 19.3. The number of fused-ring (bicyclic) bond motifs is 1. The van der Waals surface area contributed by atoms with Crippen LogP contribution in [0.25, 0.3) is 10.9 Å². The third-order valence-electron chi connectivity index (χ3n) is 6.63. The zero-order chi connectivity index (χ0) is 23.5. The molecule has 1 aliphatic rings. The van der Waals surface area contributed by atoms with Crippen molar-refractivity contribution in [3.63, 3.8) is 0 Å². The van der Waals surface area contributed by atoms with Gasteiger partial charge < -0.3 is 15.6 Å². The number of halogens is 1. The van der Waals surface area contributed by atoms with Crippen LogP contribution in [0.15, 0.2) is 71.7 Å². The molecule has 2 aromatic carbocycles. The third-order valence-corrected chi connectivity index (χ3v) is 6.88. The molecule has 0 spiro atoms. The summed E-state index contributed by atoms with van der Waals surface area (Å²) >= 11 is 6.02. The topological polar surface area (TPSA) is 98.5 Å². The molecule has 0 saturated heterocycles. The smallest absolute Gasteiger partial charge is 0.261 e. The number of nitrogens with zero attached hydrogens (tertiary/aromatic N) is 3. The summed E-state index contributed by atoms with van der Waals surface area (Å²) in [5, 5.41) is 22.6. The number of pyridine rings is 1. The number of aromatic nitrogens is 3. The van der Waals surface area contributed by atoms with Crippen LogP contribution in [0.5, 0.6) is 0 Å². The summed E-state index contributed by atoms with van der Waals surface area (Å²) in [5.41, 5.74) is 1.92. The van der Waals surface area contributed by atoms with E-state index in [2.05, 4.69) is 33.8 Å². The molecule has 0 unspecified atom stereocenters. The molecule has 0 amide bonds. The van der Waals surface area contributed by atoms with Crippen molar-refractivity contribution in [1.82, 2.24) is 14.8 Å². The van der Waals surface area contributed by atoms with Crippen molar-refractivity contribution in [2.75, 3.05) is 10.6 Å². The lowest BCUT2D eigenvalue weighted by molar-refractivity contribution is 0.177. The summed E-state index contributed by atoms with van der Waals surface area (Å²) in [7, 11) is 0. The van der Waals surface area contributed by atoms with E-state index in [0.29, 0.717) is 28.7 Å². The Morgan fingerprint density at radius 3 is 2.53 bits per heavy atom. The van der Waals surface area contributed by atoms with Crippen molar-refractivity contribution < 1.29 is 0 Å². The first-order valence-corrected chi connectivity index (χ1v) is 11.8. The highest BCUT2D eigenvalue weighted by atomic mass is 35.5. The molecule has 34 heavy (non-hydrogen) atoms. The number of H-pyrrole nitrogens is 1. The summed E-state index contributed by atoms with van der Waals surface area (Å²) in [6, 6.07) is 22.0. The first-order valence-electron chi connectivity index (χ1n) is 11.4. The average Bonchev–Trinajstić information content (AvgIpc) is 3.23. The highest BCUT2D eigenvalue weighted by molar-refractivity contribution is 6.30. The van der Waals surface area contributed by atoms with Gasteiger partial charge in [0.2, 0.25) is 0 Å². The molecule has 8 heteroatoms. The summed E-state index contributed by atoms with van der Waals surface area (Å²) in [5.74, 6) is 0.473. The molecular weight excluding hydrogens is 448 g/mol. The molecule has 0 radical (unpaired) electrons. The van der Waals surface area contributed by atoms with Crippen molar-refractivity contribution in [2.24, 2.45) is 0 Å². The lowest BCUT2D eigenvalue weighted by Crippen LogP contribution is -2.41. The minimum atomic E-state index is -0.477. The molecule has 2 aromatic heterocycles. The van der Waals surface area contributed by atoms with Gasteiger partial charge in [-0.1, -0.05) is 29.8 Å². The normalized spacial score (nSPS) is 20.1. The monoisotopic (exact) mass is 472 g/mol. The molecule has 1 aliphatic carbocycles. The second-order valence-corrected chi connectivity index (χ2v) is 9.24. The Kier molecular flexibility index (Phi) is 5.99. The Hall–Kier alpha value is -3.76. The number of benzene rings is 2. The summed E-state index contributed by atoms with van der Waals surface area (Å²) in [6.45, 7) is 0. The number of aromatic amines is 1. The molecule has 3 N–H and O–H groups in total. The maximum atomic E-state index is 12.8. The standard InChI is InChI=1S/C26H25ClN6O/c27-18-6-8-20(9-7-18)31-24-23-22(12-17-29-25(23)34)33(32-24)26(15-16-28)13-10-21(11-14-26)30-19-4-2-1-3-5-19/h1-9,12,17,21,30H,10-11,13-15H2,(H,29,34)(H,31,32). The predicted molar refractivity (Wildman–Crippen MR) is 136 cm³/mol. The van der Waals surface area contributed by atoms with Gasteiger partial charge in [-0.15, -0.1) is 0 Å². The lowest BCUT2D eigenvalue weighted by Gasteiger charge is -2.40. The molecule has 5 rings (SSSR count). The van der Waals surface area contributed by atoms with Gasteiger partial charge in [0.15, 0.2) is 5.82 Å². The molecular formula is C26H25ClN6O. The Morgan fingerprint density at radius 2 is 1.82 bits per heavy atom. The molecule has 2 heterocycles. The number of nitriles is 1. The van der Waals surface area contributed by atoms with Crippen molar-refractivity contribution in [1.29, 1.82) is 5.26 Å². The van der Waals surface area contributed by atoms with Gasteiger partial charge in [-0.2, -0.15) is 10.4 Å². The first kappa shape index (κ1) is 22.1. The Labute approximate surface area is 202 Å². The van der Waals surface area contributed by atoms with Gasteiger partial charge in [0.05, 0.1) is 23.5 Å². The van der Waals surface area contributed by atoms with Gasteiger partial charge >= 0.3 is 0 Å². The van der Waals surface area contributed by atoms with Gasteiger partial charge in [-0.25, -0.2) is 0 Å². The largest absolute Gasteiger partial charge is 0.382 e. The van der Waals surface area contributed by atoms with Crippen LogP contribution in [0, 0.1) is 11.3 Å². The van der Waals surface area contributed by atoms with Crippen LogP contribution >= 0.6 is 11.6 Å². The molecule has 0 bridgehead atoms. The van der Waals surface area contributed by atoms with Crippen LogP contribution in [0.1, 0.15) is 32.1 Å². The van der Waals surface area contributed by atoms with Crippen LogP contribution in [0.4, 0.5) is 17.2 Å². The fourth-order valence-corrected chi connectivity index (χ4v) is 5.00. The Morgan fingerprint density at radius 1 is 1.09 bits per heavy atom. The number of hydrogen-bond acceptors (Lipinski definition) is 5. The zero-order valence-electron chi connectivity index (χ0n) is 18.6. The second-order valence-electron chi connectivity index (χ2n) is 8.80. The summed E-state index contributed by atoms with van der Waals surface area (Å²) < 4.78 is 1.91. The molecule has 0 aliphatic heterocycles. The van der Waals surface area contributed by atoms with Crippen molar-refractivity contribution in [3.05, 3.63) is 82.2 Å². The van der Waals surface area contributed by atoms with Crippen LogP contribution < -0.4 is 16.2 Å². The number of rotatable bonds is 6. The number of para-hydroxylation sites is 1. The molecule has 7 nitrogen and oxygen atoms in total. The highest BCUT2D eigenvalue weighted by Gasteiger charge is 2.39.